The fourth-order valence-corrected chi connectivity index (χ4v) is 4.16. The van der Waals surface area contributed by atoms with Crippen molar-refractivity contribution in [3.8, 4) is 28.4 Å². The zero-order valence-corrected chi connectivity index (χ0v) is 20.4. The van der Waals surface area contributed by atoms with Crippen LogP contribution in [0.5, 0.6) is 17.2 Å². The Hall–Kier alpha value is -4.19. The lowest BCUT2D eigenvalue weighted by Gasteiger charge is -2.11. The van der Waals surface area contributed by atoms with Gasteiger partial charge in [0.15, 0.2) is 0 Å². The first kappa shape index (κ1) is 24.0. The molecule has 6 heteroatoms. The number of fused-ring (bicyclic) bond motifs is 1. The van der Waals surface area contributed by atoms with Gasteiger partial charge in [0.05, 0.1) is 27.6 Å². The highest BCUT2D eigenvalue weighted by Crippen LogP contribution is 2.40. The van der Waals surface area contributed by atoms with Crippen LogP contribution in [0, 0.1) is 0 Å². The number of hydrogen-bond acceptors (Lipinski definition) is 5. The van der Waals surface area contributed by atoms with Crippen LogP contribution < -0.4 is 19.5 Å². The number of methoxy groups -OCH3 is 3. The molecule has 0 atom stereocenters. The van der Waals surface area contributed by atoms with Crippen molar-refractivity contribution in [2.75, 3.05) is 27.9 Å². The Kier molecular flexibility index (Phi) is 7.41. The molecule has 1 heterocycles. The number of hydrogen-bond donors (Lipinski definition) is 1. The van der Waals surface area contributed by atoms with Crippen LogP contribution in [0.1, 0.15) is 18.1 Å². The zero-order valence-electron chi connectivity index (χ0n) is 20.4. The molecule has 0 aliphatic carbocycles. The quantitative estimate of drug-likeness (QED) is 0.308. The molecule has 0 saturated heterocycles. The van der Waals surface area contributed by atoms with E-state index in [2.05, 4.69) is 5.32 Å². The fourth-order valence-electron chi connectivity index (χ4n) is 4.16. The van der Waals surface area contributed by atoms with Gasteiger partial charge in [0.25, 0.3) is 0 Å². The van der Waals surface area contributed by atoms with E-state index in [1.807, 2.05) is 67.6 Å². The van der Waals surface area contributed by atoms with Gasteiger partial charge < -0.3 is 23.9 Å². The summed E-state index contributed by atoms with van der Waals surface area (Å²) in [4.78, 5) is 12.7. The van der Waals surface area contributed by atoms with E-state index >= 15 is 0 Å². The minimum absolute atomic E-state index is 0.170. The van der Waals surface area contributed by atoms with E-state index in [1.54, 1.807) is 33.7 Å². The van der Waals surface area contributed by atoms with E-state index in [9.17, 15) is 4.79 Å². The third-order valence-electron chi connectivity index (χ3n) is 5.95. The highest BCUT2D eigenvalue weighted by molar-refractivity contribution is 6.01. The standard InChI is InChI=1S/C29H29NO5/c1-19(15-29(31)30-14-13-20-9-5-7-11-25(20)32-2)22-16-23-24(18-35-28(23)17-27(22)34-4)21-10-6-8-12-26(21)33-3/h5-12,15-18H,13-14H2,1-4H3,(H,30,31)/b19-15+. The summed E-state index contributed by atoms with van der Waals surface area (Å²) in [7, 11) is 4.90. The number of benzene rings is 3. The number of allylic oxidation sites excluding steroid dienone is 1. The SMILES string of the molecule is COc1ccccc1CCNC(=O)/C=C(\C)c1cc2c(-c3ccccc3OC)coc2cc1OC. The molecule has 4 rings (SSSR count). The fraction of sp³-hybridized carbons (Fsp3) is 0.207. The van der Waals surface area contributed by atoms with Crippen LogP contribution in [0.2, 0.25) is 0 Å². The molecule has 0 spiro atoms. The maximum Gasteiger partial charge on any atom is 0.244 e. The average molecular weight is 472 g/mol. The van der Waals surface area contributed by atoms with Gasteiger partial charge in [-0.05, 0) is 42.7 Å². The summed E-state index contributed by atoms with van der Waals surface area (Å²) in [6, 6.07) is 19.4. The number of rotatable bonds is 9. The Morgan fingerprint density at radius 2 is 1.57 bits per heavy atom. The topological polar surface area (TPSA) is 69.9 Å². The van der Waals surface area contributed by atoms with Gasteiger partial charge in [0.2, 0.25) is 5.91 Å². The van der Waals surface area contributed by atoms with E-state index in [0.29, 0.717) is 24.3 Å². The van der Waals surface area contributed by atoms with Crippen LogP contribution >= 0.6 is 0 Å². The monoisotopic (exact) mass is 471 g/mol. The van der Waals surface area contributed by atoms with Crippen LogP contribution in [0.3, 0.4) is 0 Å². The highest BCUT2D eigenvalue weighted by Gasteiger charge is 2.17. The Bertz CT molecular complexity index is 1370. The Morgan fingerprint density at radius 1 is 0.886 bits per heavy atom. The molecule has 0 bridgehead atoms. The van der Waals surface area contributed by atoms with Gasteiger partial charge >= 0.3 is 0 Å². The van der Waals surface area contributed by atoms with Gasteiger partial charge in [-0.25, -0.2) is 0 Å². The summed E-state index contributed by atoms with van der Waals surface area (Å²) in [5, 5.41) is 3.87. The van der Waals surface area contributed by atoms with Crippen molar-refractivity contribution in [1.82, 2.24) is 5.32 Å². The molecule has 0 aliphatic heterocycles. The molecule has 1 amide bonds. The highest BCUT2D eigenvalue weighted by atomic mass is 16.5. The largest absolute Gasteiger partial charge is 0.496 e. The van der Waals surface area contributed by atoms with Crippen LogP contribution in [-0.2, 0) is 11.2 Å². The molecule has 0 fully saturated rings. The lowest BCUT2D eigenvalue weighted by atomic mass is 9.98. The first-order valence-corrected chi connectivity index (χ1v) is 11.4. The molecule has 0 aliphatic rings. The van der Waals surface area contributed by atoms with E-state index in [0.717, 1.165) is 44.7 Å². The van der Waals surface area contributed by atoms with Gasteiger partial charge in [-0.1, -0.05) is 36.4 Å². The predicted octanol–water partition coefficient (Wildman–Crippen LogP) is 5.89. The Morgan fingerprint density at radius 3 is 2.31 bits per heavy atom. The van der Waals surface area contributed by atoms with Crippen molar-refractivity contribution in [2.45, 2.75) is 13.3 Å². The van der Waals surface area contributed by atoms with E-state index < -0.39 is 0 Å². The van der Waals surface area contributed by atoms with Crippen molar-refractivity contribution < 1.29 is 23.4 Å². The lowest BCUT2D eigenvalue weighted by Crippen LogP contribution is -2.24. The second kappa shape index (κ2) is 10.8. The van der Waals surface area contributed by atoms with Crippen LogP contribution in [0.4, 0.5) is 0 Å². The van der Waals surface area contributed by atoms with E-state index in [-0.39, 0.29) is 5.91 Å². The minimum atomic E-state index is -0.170. The third-order valence-corrected chi connectivity index (χ3v) is 5.95. The van der Waals surface area contributed by atoms with Crippen LogP contribution in [0.15, 0.2) is 77.4 Å². The summed E-state index contributed by atoms with van der Waals surface area (Å²) >= 11 is 0. The molecule has 0 unspecified atom stereocenters. The van der Waals surface area contributed by atoms with Crippen molar-refractivity contribution >= 4 is 22.4 Å². The third kappa shape index (κ3) is 5.17. The van der Waals surface area contributed by atoms with Crippen molar-refractivity contribution in [2.24, 2.45) is 0 Å². The second-order valence-electron chi connectivity index (χ2n) is 8.08. The maximum absolute atomic E-state index is 12.7. The van der Waals surface area contributed by atoms with Crippen LogP contribution in [0.25, 0.3) is 27.7 Å². The number of para-hydroxylation sites is 2. The van der Waals surface area contributed by atoms with Crippen molar-refractivity contribution in [3.05, 3.63) is 84.1 Å². The molecule has 4 aromatic rings. The molecule has 0 radical (unpaired) electrons. The lowest BCUT2D eigenvalue weighted by molar-refractivity contribution is -0.116. The number of furan rings is 1. The van der Waals surface area contributed by atoms with Gasteiger partial charge in [-0.15, -0.1) is 0 Å². The first-order valence-electron chi connectivity index (χ1n) is 11.4. The Labute approximate surface area is 205 Å². The summed E-state index contributed by atoms with van der Waals surface area (Å²) in [5.74, 6) is 2.04. The first-order chi connectivity index (χ1) is 17.0. The minimum Gasteiger partial charge on any atom is -0.496 e. The molecule has 1 N–H and O–H groups in total. The van der Waals surface area contributed by atoms with Crippen molar-refractivity contribution in [3.63, 3.8) is 0 Å². The molecule has 1 aromatic heterocycles. The summed E-state index contributed by atoms with van der Waals surface area (Å²) in [6.45, 7) is 2.39. The Balaban J connectivity index is 1.58. The molecule has 35 heavy (non-hydrogen) atoms. The maximum atomic E-state index is 12.7. The predicted molar refractivity (Wildman–Crippen MR) is 138 cm³/mol. The number of carbonyl (C=O) groups is 1. The number of ether oxygens (including phenoxy) is 3. The number of amides is 1. The molecule has 6 nitrogen and oxygen atoms in total. The van der Waals surface area contributed by atoms with E-state index in [1.165, 1.54) is 0 Å². The number of nitrogens with one attached hydrogen (secondary N) is 1. The van der Waals surface area contributed by atoms with Gasteiger partial charge in [0.1, 0.15) is 22.8 Å². The molecule has 3 aromatic carbocycles. The molecule has 180 valence electrons. The van der Waals surface area contributed by atoms with Crippen LogP contribution in [-0.4, -0.2) is 33.8 Å². The molecular weight excluding hydrogens is 442 g/mol. The summed E-state index contributed by atoms with van der Waals surface area (Å²) in [6.07, 6.45) is 3.99. The van der Waals surface area contributed by atoms with Crippen molar-refractivity contribution in [1.29, 1.82) is 0 Å². The summed E-state index contributed by atoms with van der Waals surface area (Å²) < 4.78 is 22.4. The summed E-state index contributed by atoms with van der Waals surface area (Å²) in [5.41, 5.74) is 5.19. The van der Waals surface area contributed by atoms with E-state index in [4.69, 9.17) is 18.6 Å². The van der Waals surface area contributed by atoms with Gasteiger partial charge in [-0.3, -0.25) is 4.79 Å². The van der Waals surface area contributed by atoms with Gasteiger partial charge in [-0.2, -0.15) is 0 Å². The smallest absolute Gasteiger partial charge is 0.244 e. The average Bonchev–Trinajstić information content (AvgIpc) is 3.30. The normalized spacial score (nSPS) is 11.4. The zero-order chi connectivity index (χ0) is 24.8. The molecule has 0 saturated carbocycles. The van der Waals surface area contributed by atoms with Gasteiger partial charge in [0, 0.05) is 40.8 Å². The molecular formula is C29H29NO5. The second-order valence-corrected chi connectivity index (χ2v) is 8.08. The number of carbonyl (C=O) groups excluding carboxylic acids is 1.